The zero-order valence-corrected chi connectivity index (χ0v) is 20.2. The second-order valence-electron chi connectivity index (χ2n) is 8.24. The lowest BCUT2D eigenvalue weighted by Crippen LogP contribution is -2.24. The van der Waals surface area contributed by atoms with Crippen LogP contribution < -0.4 is 0 Å². The molecule has 0 aliphatic carbocycles. The summed E-state index contributed by atoms with van der Waals surface area (Å²) in [6, 6.07) is 28.4. The molecule has 2 amide bonds. The number of rotatable bonds is 4. The predicted octanol–water partition coefficient (Wildman–Crippen LogP) is 6.21. The molecule has 2 aliphatic rings. The van der Waals surface area contributed by atoms with Crippen LogP contribution in [-0.2, 0) is 9.59 Å². The van der Waals surface area contributed by atoms with Crippen LogP contribution in [0.15, 0.2) is 96.1 Å². The Balaban J connectivity index is 1.48. The van der Waals surface area contributed by atoms with Crippen LogP contribution in [0.3, 0.4) is 0 Å². The number of benzene rings is 2. The summed E-state index contributed by atoms with van der Waals surface area (Å²) in [4.78, 5) is 34.2. The molecule has 0 fully saturated rings. The monoisotopic (exact) mass is 480 g/mol. The lowest BCUT2D eigenvalue weighted by Gasteiger charge is -2.18. The molecule has 34 heavy (non-hydrogen) atoms. The zero-order chi connectivity index (χ0) is 23.4. The Kier molecular flexibility index (Phi) is 4.86. The molecule has 2 aliphatic heterocycles. The van der Waals surface area contributed by atoms with E-state index >= 15 is 0 Å². The van der Waals surface area contributed by atoms with Crippen LogP contribution >= 0.6 is 22.7 Å². The number of hydrogen-bond donors (Lipinski definition) is 0. The summed E-state index contributed by atoms with van der Waals surface area (Å²) in [7, 11) is 3.51. The maximum Gasteiger partial charge on any atom is 0.261 e. The molecule has 0 saturated carbocycles. The number of carbonyl (C=O) groups is 2. The molecule has 0 N–H and O–H groups in total. The number of likely N-dealkylation sites (N-methyl/N-ethyl adjacent to an activating group) is 2. The quantitative estimate of drug-likeness (QED) is 0.348. The van der Waals surface area contributed by atoms with E-state index in [2.05, 4.69) is 36.4 Å². The molecule has 0 unspecified atom stereocenters. The number of amides is 2. The van der Waals surface area contributed by atoms with Gasteiger partial charge in [-0.05, 0) is 35.4 Å². The Morgan fingerprint density at radius 3 is 1.24 bits per heavy atom. The fraction of sp³-hybridized carbons (Fsp3) is 0.0714. The summed E-state index contributed by atoms with van der Waals surface area (Å²) < 4.78 is 0. The van der Waals surface area contributed by atoms with Crippen molar-refractivity contribution >= 4 is 45.9 Å². The van der Waals surface area contributed by atoms with Gasteiger partial charge in [-0.15, -0.1) is 22.7 Å². The Bertz CT molecular complexity index is 1390. The number of thiophene rings is 2. The Labute approximate surface area is 205 Å². The highest BCUT2D eigenvalue weighted by atomic mass is 32.1. The lowest BCUT2D eigenvalue weighted by molar-refractivity contribution is -0.123. The second kappa shape index (κ2) is 7.94. The standard InChI is InChI=1S/C28H20N2O2S2/c1-29-25(21-15-13-19(33-21)17-9-5-3-6-10-17)23-24(27(29)31)26(30(2)28(23)32)22-16-14-20(34-22)18-11-7-4-8-12-18/h3-16H,1-2H3. The van der Waals surface area contributed by atoms with Crippen LogP contribution in [0.4, 0.5) is 0 Å². The first-order chi connectivity index (χ1) is 16.5. The van der Waals surface area contributed by atoms with Gasteiger partial charge >= 0.3 is 0 Å². The third kappa shape index (κ3) is 3.10. The zero-order valence-electron chi connectivity index (χ0n) is 18.6. The summed E-state index contributed by atoms with van der Waals surface area (Å²) in [5, 5.41) is 0. The highest BCUT2D eigenvalue weighted by Crippen LogP contribution is 2.48. The topological polar surface area (TPSA) is 40.6 Å². The minimum absolute atomic E-state index is 0.137. The predicted molar refractivity (Wildman–Crippen MR) is 139 cm³/mol. The van der Waals surface area contributed by atoms with E-state index in [0.29, 0.717) is 22.5 Å². The minimum atomic E-state index is -0.137. The summed E-state index contributed by atoms with van der Waals surface area (Å²) in [6.07, 6.45) is 0. The number of hydrogen-bond acceptors (Lipinski definition) is 4. The van der Waals surface area contributed by atoms with Gasteiger partial charge in [-0.25, -0.2) is 0 Å². The van der Waals surface area contributed by atoms with E-state index in [1.807, 2.05) is 48.5 Å². The van der Waals surface area contributed by atoms with E-state index in [9.17, 15) is 9.59 Å². The van der Waals surface area contributed by atoms with Crippen LogP contribution in [0.1, 0.15) is 9.75 Å². The van der Waals surface area contributed by atoms with Gasteiger partial charge in [-0.2, -0.15) is 0 Å². The van der Waals surface area contributed by atoms with Crippen LogP contribution in [0.2, 0.25) is 0 Å². The maximum atomic E-state index is 13.5. The highest BCUT2D eigenvalue weighted by molar-refractivity contribution is 7.17. The van der Waals surface area contributed by atoms with Gasteiger partial charge in [0.2, 0.25) is 0 Å². The summed E-state index contributed by atoms with van der Waals surface area (Å²) in [6.45, 7) is 0. The first kappa shape index (κ1) is 20.8. The molecule has 0 radical (unpaired) electrons. The molecule has 0 atom stereocenters. The van der Waals surface area contributed by atoms with Gasteiger partial charge in [0.25, 0.3) is 11.8 Å². The normalized spacial score (nSPS) is 15.7. The van der Waals surface area contributed by atoms with Gasteiger partial charge in [0, 0.05) is 23.8 Å². The summed E-state index contributed by atoms with van der Waals surface area (Å²) in [5.74, 6) is -0.274. The molecule has 6 heteroatoms. The SMILES string of the molecule is CN1C(=O)C2=C(c3ccc(-c4ccccc4)s3)N(C)C(=O)C2=C1c1ccc(-c2ccccc2)s1. The van der Waals surface area contributed by atoms with Crippen molar-refractivity contribution in [2.75, 3.05) is 14.1 Å². The first-order valence-electron chi connectivity index (χ1n) is 10.9. The third-order valence-electron chi connectivity index (χ3n) is 6.23. The first-order valence-corrected chi connectivity index (χ1v) is 12.5. The van der Waals surface area contributed by atoms with E-state index in [4.69, 9.17) is 0 Å². The van der Waals surface area contributed by atoms with Crippen molar-refractivity contribution in [2.24, 2.45) is 0 Å². The molecule has 4 nitrogen and oxygen atoms in total. The van der Waals surface area contributed by atoms with E-state index in [1.165, 1.54) is 0 Å². The van der Waals surface area contributed by atoms with Crippen molar-refractivity contribution in [2.45, 2.75) is 0 Å². The molecule has 0 spiro atoms. The summed E-state index contributed by atoms with van der Waals surface area (Å²) >= 11 is 3.19. The molecule has 6 rings (SSSR count). The molecular weight excluding hydrogens is 460 g/mol. The van der Waals surface area contributed by atoms with E-state index in [0.717, 1.165) is 30.6 Å². The molecule has 166 valence electrons. The van der Waals surface area contributed by atoms with E-state index in [1.54, 1.807) is 46.6 Å². The fourth-order valence-corrected chi connectivity index (χ4v) is 6.75. The average molecular weight is 481 g/mol. The smallest absolute Gasteiger partial charge is 0.261 e. The average Bonchev–Trinajstić information content (AvgIpc) is 3.64. The Morgan fingerprint density at radius 2 is 0.853 bits per heavy atom. The number of fused-ring (bicyclic) bond motifs is 1. The van der Waals surface area contributed by atoms with Crippen molar-refractivity contribution in [1.82, 2.24) is 9.80 Å². The van der Waals surface area contributed by atoms with Crippen molar-refractivity contribution in [3.8, 4) is 20.9 Å². The second-order valence-corrected chi connectivity index (χ2v) is 10.4. The van der Waals surface area contributed by atoms with E-state index in [-0.39, 0.29) is 11.8 Å². The van der Waals surface area contributed by atoms with Gasteiger partial charge in [-0.3, -0.25) is 9.59 Å². The minimum Gasteiger partial charge on any atom is -0.309 e. The Morgan fingerprint density at radius 1 is 0.500 bits per heavy atom. The molecule has 0 bridgehead atoms. The third-order valence-corrected chi connectivity index (χ3v) is 8.51. The largest absolute Gasteiger partial charge is 0.309 e. The highest BCUT2D eigenvalue weighted by Gasteiger charge is 2.47. The number of nitrogens with zero attached hydrogens (tertiary/aromatic N) is 2. The van der Waals surface area contributed by atoms with Gasteiger partial charge in [-0.1, -0.05) is 60.7 Å². The Hall–Kier alpha value is -3.74. The molecule has 4 aromatic rings. The van der Waals surface area contributed by atoms with Crippen LogP contribution in [0.5, 0.6) is 0 Å². The van der Waals surface area contributed by atoms with Crippen molar-refractivity contribution in [3.05, 3.63) is 106 Å². The van der Waals surface area contributed by atoms with Gasteiger partial charge < -0.3 is 9.80 Å². The van der Waals surface area contributed by atoms with Crippen molar-refractivity contribution in [3.63, 3.8) is 0 Å². The summed E-state index contributed by atoms with van der Waals surface area (Å²) in [5.41, 5.74) is 4.63. The van der Waals surface area contributed by atoms with E-state index < -0.39 is 0 Å². The maximum absolute atomic E-state index is 13.5. The van der Waals surface area contributed by atoms with Crippen LogP contribution in [0.25, 0.3) is 32.3 Å². The lowest BCUT2D eigenvalue weighted by atomic mass is 10.1. The van der Waals surface area contributed by atoms with Crippen LogP contribution in [0, 0.1) is 0 Å². The van der Waals surface area contributed by atoms with Gasteiger partial charge in [0.15, 0.2) is 0 Å². The van der Waals surface area contributed by atoms with Crippen molar-refractivity contribution < 1.29 is 9.59 Å². The van der Waals surface area contributed by atoms with Crippen molar-refractivity contribution in [1.29, 1.82) is 0 Å². The molecule has 4 heterocycles. The molecule has 2 aromatic carbocycles. The number of carbonyl (C=O) groups excluding carboxylic acids is 2. The van der Waals surface area contributed by atoms with Gasteiger partial charge in [0.05, 0.1) is 32.3 Å². The fourth-order valence-electron chi connectivity index (χ4n) is 4.55. The molecular formula is C28H20N2O2S2. The van der Waals surface area contributed by atoms with Gasteiger partial charge in [0.1, 0.15) is 0 Å². The molecule has 0 saturated heterocycles. The van der Waals surface area contributed by atoms with Crippen LogP contribution in [-0.4, -0.2) is 35.7 Å². The molecule has 2 aromatic heterocycles.